The fourth-order valence-corrected chi connectivity index (χ4v) is 2.59. The maximum atomic E-state index is 6.32. The predicted octanol–water partition coefficient (Wildman–Crippen LogP) is 3.86. The number of benzene rings is 1. The molecule has 0 amide bonds. The minimum absolute atomic E-state index is 0.253. The number of halogens is 1. The molecule has 3 heteroatoms. The van der Waals surface area contributed by atoms with E-state index in [9.17, 15) is 0 Å². The molecule has 100 valence electrons. The molecule has 2 rings (SSSR count). The molecule has 2 aromatic rings. The van der Waals surface area contributed by atoms with Gasteiger partial charge < -0.3 is 5.32 Å². The first-order valence-electron chi connectivity index (χ1n) is 6.44. The number of likely N-dealkylation sites (N-methyl/N-ethyl adjacent to an activating group) is 1. The van der Waals surface area contributed by atoms with Gasteiger partial charge in [0.05, 0.1) is 0 Å². The van der Waals surface area contributed by atoms with Crippen LogP contribution in [0.25, 0.3) is 0 Å². The summed E-state index contributed by atoms with van der Waals surface area (Å²) in [6.07, 6.45) is 4.61. The molecule has 0 aliphatic carbocycles. The second kappa shape index (κ2) is 6.18. The van der Waals surface area contributed by atoms with Gasteiger partial charge in [-0.05, 0) is 61.7 Å². The van der Waals surface area contributed by atoms with Crippen molar-refractivity contribution in [3.63, 3.8) is 0 Å². The molecule has 0 bridgehead atoms. The molecule has 1 N–H and O–H groups in total. The van der Waals surface area contributed by atoms with Crippen LogP contribution in [-0.4, -0.2) is 12.0 Å². The van der Waals surface area contributed by atoms with Crippen LogP contribution in [0.4, 0.5) is 0 Å². The van der Waals surface area contributed by atoms with Crippen molar-refractivity contribution in [1.82, 2.24) is 10.3 Å². The van der Waals surface area contributed by atoms with Crippen molar-refractivity contribution < 1.29 is 0 Å². The number of hydrogen-bond acceptors (Lipinski definition) is 2. The number of aromatic nitrogens is 1. The van der Waals surface area contributed by atoms with Crippen LogP contribution in [0.15, 0.2) is 36.7 Å². The van der Waals surface area contributed by atoms with E-state index < -0.39 is 0 Å². The van der Waals surface area contributed by atoms with Crippen LogP contribution in [0.5, 0.6) is 0 Å². The normalized spacial score (nSPS) is 12.4. The SMILES string of the molecule is CNC(Cc1ccc(C)cc1Cl)c1ccncc1C. The summed E-state index contributed by atoms with van der Waals surface area (Å²) in [5.74, 6) is 0. The predicted molar refractivity (Wildman–Crippen MR) is 80.7 cm³/mol. The van der Waals surface area contributed by atoms with Gasteiger partial charge in [-0.1, -0.05) is 23.7 Å². The van der Waals surface area contributed by atoms with Gasteiger partial charge in [0.25, 0.3) is 0 Å². The monoisotopic (exact) mass is 274 g/mol. The van der Waals surface area contributed by atoms with Crippen LogP contribution in [0.1, 0.15) is 28.3 Å². The van der Waals surface area contributed by atoms with Gasteiger partial charge in [0.1, 0.15) is 0 Å². The van der Waals surface area contributed by atoms with Gasteiger partial charge in [-0.15, -0.1) is 0 Å². The Morgan fingerprint density at radius 1 is 1.26 bits per heavy atom. The smallest absolute Gasteiger partial charge is 0.0441 e. The van der Waals surface area contributed by atoms with Crippen LogP contribution in [-0.2, 0) is 6.42 Å². The average Bonchev–Trinajstić information content (AvgIpc) is 2.39. The summed E-state index contributed by atoms with van der Waals surface area (Å²) in [5.41, 5.74) is 4.83. The maximum Gasteiger partial charge on any atom is 0.0441 e. The first-order chi connectivity index (χ1) is 9.11. The highest BCUT2D eigenvalue weighted by Crippen LogP contribution is 2.25. The van der Waals surface area contributed by atoms with Gasteiger partial charge in [-0.2, -0.15) is 0 Å². The lowest BCUT2D eigenvalue weighted by Gasteiger charge is -2.19. The summed E-state index contributed by atoms with van der Waals surface area (Å²) >= 11 is 6.32. The Kier molecular flexibility index (Phi) is 4.56. The highest BCUT2D eigenvalue weighted by molar-refractivity contribution is 6.31. The van der Waals surface area contributed by atoms with Crippen molar-refractivity contribution in [3.8, 4) is 0 Å². The molecule has 1 atom stereocenters. The Balaban J connectivity index is 2.27. The second-order valence-electron chi connectivity index (χ2n) is 4.87. The summed E-state index contributed by atoms with van der Waals surface area (Å²) in [4.78, 5) is 4.14. The average molecular weight is 275 g/mol. The molecule has 19 heavy (non-hydrogen) atoms. The van der Waals surface area contributed by atoms with E-state index in [0.29, 0.717) is 0 Å². The molecule has 0 saturated carbocycles. The molecule has 0 aliphatic heterocycles. The van der Waals surface area contributed by atoms with E-state index in [1.165, 1.54) is 22.3 Å². The molecule has 0 radical (unpaired) electrons. The minimum Gasteiger partial charge on any atom is -0.313 e. The third-order valence-corrected chi connectivity index (χ3v) is 3.77. The quantitative estimate of drug-likeness (QED) is 0.916. The third-order valence-electron chi connectivity index (χ3n) is 3.42. The fourth-order valence-electron chi connectivity index (χ4n) is 2.28. The molecule has 0 aliphatic rings. The van der Waals surface area contributed by atoms with E-state index in [1.807, 2.05) is 25.5 Å². The van der Waals surface area contributed by atoms with Gasteiger partial charge in [-0.25, -0.2) is 0 Å². The molecule has 1 aromatic carbocycles. The van der Waals surface area contributed by atoms with Crippen LogP contribution in [0.2, 0.25) is 5.02 Å². The van der Waals surface area contributed by atoms with Crippen LogP contribution in [0, 0.1) is 13.8 Å². The zero-order valence-electron chi connectivity index (χ0n) is 11.6. The van der Waals surface area contributed by atoms with Crippen LogP contribution < -0.4 is 5.32 Å². The van der Waals surface area contributed by atoms with Crippen LogP contribution >= 0.6 is 11.6 Å². The minimum atomic E-state index is 0.253. The summed E-state index contributed by atoms with van der Waals surface area (Å²) in [6, 6.07) is 8.55. The zero-order valence-corrected chi connectivity index (χ0v) is 12.3. The number of pyridine rings is 1. The van der Waals surface area contributed by atoms with E-state index in [2.05, 4.69) is 42.3 Å². The molecule has 0 spiro atoms. The Morgan fingerprint density at radius 2 is 2.05 bits per heavy atom. The fraction of sp³-hybridized carbons (Fsp3) is 0.312. The molecular weight excluding hydrogens is 256 g/mol. The van der Waals surface area contributed by atoms with Crippen LogP contribution in [0.3, 0.4) is 0 Å². The lowest BCUT2D eigenvalue weighted by molar-refractivity contribution is 0.588. The Labute approximate surface area is 119 Å². The van der Waals surface area contributed by atoms with E-state index in [0.717, 1.165) is 11.4 Å². The number of nitrogens with zero attached hydrogens (tertiary/aromatic N) is 1. The molecule has 1 heterocycles. The summed E-state index contributed by atoms with van der Waals surface area (Å²) < 4.78 is 0. The van der Waals surface area contributed by atoms with Crippen molar-refractivity contribution in [2.75, 3.05) is 7.05 Å². The van der Waals surface area contributed by atoms with Gasteiger partial charge in [-0.3, -0.25) is 4.98 Å². The molecule has 1 aromatic heterocycles. The maximum absolute atomic E-state index is 6.32. The Hall–Kier alpha value is -1.38. The highest BCUT2D eigenvalue weighted by atomic mass is 35.5. The van der Waals surface area contributed by atoms with Crippen molar-refractivity contribution >= 4 is 11.6 Å². The first-order valence-corrected chi connectivity index (χ1v) is 6.82. The number of hydrogen-bond donors (Lipinski definition) is 1. The summed E-state index contributed by atoms with van der Waals surface area (Å²) in [5, 5.41) is 4.20. The topological polar surface area (TPSA) is 24.9 Å². The van der Waals surface area contributed by atoms with Crippen molar-refractivity contribution in [2.24, 2.45) is 0 Å². The number of nitrogens with one attached hydrogen (secondary N) is 1. The molecule has 1 unspecified atom stereocenters. The van der Waals surface area contributed by atoms with Gasteiger partial charge in [0, 0.05) is 23.5 Å². The van der Waals surface area contributed by atoms with Gasteiger partial charge >= 0.3 is 0 Å². The van der Waals surface area contributed by atoms with Gasteiger partial charge in [0.15, 0.2) is 0 Å². The third kappa shape index (κ3) is 3.34. The highest BCUT2D eigenvalue weighted by Gasteiger charge is 2.14. The molecule has 0 saturated heterocycles. The zero-order chi connectivity index (χ0) is 13.8. The van der Waals surface area contributed by atoms with E-state index in [-0.39, 0.29) is 6.04 Å². The van der Waals surface area contributed by atoms with Crippen molar-refractivity contribution in [3.05, 3.63) is 63.9 Å². The first kappa shape index (κ1) is 14.0. The summed E-state index contributed by atoms with van der Waals surface area (Å²) in [7, 11) is 1.98. The van der Waals surface area contributed by atoms with E-state index >= 15 is 0 Å². The summed E-state index contributed by atoms with van der Waals surface area (Å²) in [6.45, 7) is 4.14. The molecule has 0 fully saturated rings. The standard InChI is InChI=1S/C16H19ClN2/c1-11-4-5-13(15(17)8-11)9-16(18-3)14-6-7-19-10-12(14)2/h4-8,10,16,18H,9H2,1-3H3. The second-order valence-corrected chi connectivity index (χ2v) is 5.28. The number of aryl methyl sites for hydroxylation is 2. The van der Waals surface area contributed by atoms with Gasteiger partial charge in [0.2, 0.25) is 0 Å². The van der Waals surface area contributed by atoms with Crippen molar-refractivity contribution in [1.29, 1.82) is 0 Å². The van der Waals surface area contributed by atoms with E-state index in [1.54, 1.807) is 0 Å². The molecular formula is C16H19ClN2. The number of rotatable bonds is 4. The van der Waals surface area contributed by atoms with Crippen molar-refractivity contribution in [2.45, 2.75) is 26.3 Å². The van der Waals surface area contributed by atoms with E-state index in [4.69, 9.17) is 11.6 Å². The lowest BCUT2D eigenvalue weighted by Crippen LogP contribution is -2.20. The largest absolute Gasteiger partial charge is 0.313 e. The lowest BCUT2D eigenvalue weighted by atomic mass is 9.96. The Bertz CT molecular complexity index is 566. The molecule has 2 nitrogen and oxygen atoms in total. The Morgan fingerprint density at radius 3 is 2.68 bits per heavy atom.